The van der Waals surface area contributed by atoms with Crippen molar-refractivity contribution in [3.63, 3.8) is 0 Å². The molecule has 0 bridgehead atoms. The second kappa shape index (κ2) is 6.49. The van der Waals surface area contributed by atoms with E-state index in [1.807, 2.05) is 0 Å². The van der Waals surface area contributed by atoms with E-state index < -0.39 is 10.2 Å². The van der Waals surface area contributed by atoms with Crippen LogP contribution in [0.25, 0.3) is 0 Å². The number of rotatable bonds is 4. The van der Waals surface area contributed by atoms with Crippen molar-refractivity contribution in [2.75, 3.05) is 39.8 Å². The molecule has 112 valence electrons. The Balaban J connectivity index is 1.98. The van der Waals surface area contributed by atoms with Gasteiger partial charge in [0.05, 0.1) is 6.10 Å². The number of ether oxygens (including phenoxy) is 1. The van der Waals surface area contributed by atoms with Crippen molar-refractivity contribution >= 4 is 10.2 Å². The van der Waals surface area contributed by atoms with Gasteiger partial charge in [0.25, 0.3) is 10.2 Å². The fourth-order valence-electron chi connectivity index (χ4n) is 2.85. The van der Waals surface area contributed by atoms with Gasteiger partial charge in [-0.3, -0.25) is 0 Å². The lowest BCUT2D eigenvalue weighted by atomic mass is 9.99. The minimum Gasteiger partial charge on any atom is -0.380 e. The predicted octanol–water partition coefficient (Wildman–Crippen LogP) is 0.0127. The molecule has 0 aromatic rings. The smallest absolute Gasteiger partial charge is 0.282 e. The minimum atomic E-state index is -3.31. The van der Waals surface area contributed by atoms with E-state index in [1.165, 1.54) is 0 Å². The Morgan fingerprint density at radius 3 is 2.42 bits per heavy atom. The van der Waals surface area contributed by atoms with Gasteiger partial charge in [0.1, 0.15) is 0 Å². The SMILES string of the molecule is COC1CCCN(S(=O)(=O)N2CCC(CN)CC2)C1. The van der Waals surface area contributed by atoms with Crippen LogP contribution >= 0.6 is 0 Å². The average Bonchev–Trinajstić information content (AvgIpc) is 2.47. The summed E-state index contributed by atoms with van der Waals surface area (Å²) in [6.07, 6.45) is 3.59. The Morgan fingerprint density at radius 2 is 1.84 bits per heavy atom. The first-order valence-electron chi connectivity index (χ1n) is 7.06. The topological polar surface area (TPSA) is 75.9 Å². The van der Waals surface area contributed by atoms with E-state index in [0.717, 1.165) is 25.7 Å². The molecule has 6 nitrogen and oxygen atoms in total. The number of nitrogens with two attached hydrogens (primary N) is 1. The fourth-order valence-corrected chi connectivity index (χ4v) is 4.56. The van der Waals surface area contributed by atoms with Crippen LogP contribution in [0.2, 0.25) is 0 Å². The van der Waals surface area contributed by atoms with Gasteiger partial charge in [-0.25, -0.2) is 0 Å². The van der Waals surface area contributed by atoms with Crippen LogP contribution in [0.3, 0.4) is 0 Å². The zero-order chi connectivity index (χ0) is 13.9. The number of nitrogens with zero attached hydrogens (tertiary/aromatic N) is 2. The van der Waals surface area contributed by atoms with Gasteiger partial charge in [0.2, 0.25) is 0 Å². The summed E-state index contributed by atoms with van der Waals surface area (Å²) < 4.78 is 33.6. The molecule has 7 heteroatoms. The third kappa shape index (κ3) is 3.46. The van der Waals surface area contributed by atoms with Gasteiger partial charge in [-0.15, -0.1) is 0 Å². The van der Waals surface area contributed by atoms with Crippen molar-refractivity contribution in [1.29, 1.82) is 0 Å². The van der Waals surface area contributed by atoms with E-state index in [9.17, 15) is 8.42 Å². The second-order valence-corrected chi connectivity index (χ2v) is 7.37. The fraction of sp³-hybridized carbons (Fsp3) is 1.00. The zero-order valence-electron chi connectivity index (χ0n) is 11.6. The van der Waals surface area contributed by atoms with Crippen molar-refractivity contribution < 1.29 is 13.2 Å². The number of piperidine rings is 2. The van der Waals surface area contributed by atoms with Crippen LogP contribution in [-0.4, -0.2) is 63.0 Å². The zero-order valence-corrected chi connectivity index (χ0v) is 12.4. The lowest BCUT2D eigenvalue weighted by Crippen LogP contribution is -2.51. The standard InChI is InChI=1S/C12H25N3O3S/c1-18-12-3-2-6-15(10-12)19(16,17)14-7-4-11(9-13)5-8-14/h11-12H,2-10,13H2,1H3. The summed E-state index contributed by atoms with van der Waals surface area (Å²) in [6.45, 7) is 2.94. The molecule has 0 aromatic heterocycles. The van der Waals surface area contributed by atoms with Crippen LogP contribution in [0, 0.1) is 5.92 Å². The largest absolute Gasteiger partial charge is 0.380 e. The summed E-state index contributed by atoms with van der Waals surface area (Å²) in [5, 5.41) is 0. The van der Waals surface area contributed by atoms with Crippen molar-refractivity contribution in [3.05, 3.63) is 0 Å². The van der Waals surface area contributed by atoms with Gasteiger partial charge in [-0.2, -0.15) is 17.0 Å². The average molecular weight is 291 g/mol. The second-order valence-electron chi connectivity index (χ2n) is 5.44. The molecule has 2 aliphatic rings. The first-order chi connectivity index (χ1) is 9.07. The molecule has 2 fully saturated rings. The van der Waals surface area contributed by atoms with Crippen molar-refractivity contribution in [3.8, 4) is 0 Å². The Hall–Kier alpha value is -0.210. The van der Waals surface area contributed by atoms with Crippen LogP contribution in [0.1, 0.15) is 25.7 Å². The van der Waals surface area contributed by atoms with Gasteiger partial charge in [-0.1, -0.05) is 0 Å². The third-order valence-electron chi connectivity index (χ3n) is 4.23. The number of hydrogen-bond donors (Lipinski definition) is 1. The molecule has 2 heterocycles. The summed E-state index contributed by atoms with van der Waals surface area (Å²) in [5.74, 6) is 0.472. The molecular weight excluding hydrogens is 266 g/mol. The normalized spacial score (nSPS) is 28.6. The van der Waals surface area contributed by atoms with E-state index in [0.29, 0.717) is 38.6 Å². The van der Waals surface area contributed by atoms with Crippen LogP contribution in [0.5, 0.6) is 0 Å². The summed E-state index contributed by atoms with van der Waals surface area (Å²) in [5.41, 5.74) is 5.64. The van der Waals surface area contributed by atoms with Crippen molar-refractivity contribution in [2.45, 2.75) is 31.8 Å². The summed E-state index contributed by atoms with van der Waals surface area (Å²) >= 11 is 0. The molecule has 2 N–H and O–H groups in total. The Bertz CT molecular complexity index is 380. The first kappa shape index (κ1) is 15.2. The van der Waals surface area contributed by atoms with Crippen molar-refractivity contribution in [2.24, 2.45) is 11.7 Å². The highest BCUT2D eigenvalue weighted by Gasteiger charge is 2.35. The molecule has 2 aliphatic heterocycles. The van der Waals surface area contributed by atoms with Gasteiger partial charge in [0, 0.05) is 33.3 Å². The summed E-state index contributed by atoms with van der Waals surface area (Å²) in [6, 6.07) is 0. The lowest BCUT2D eigenvalue weighted by molar-refractivity contribution is 0.0548. The highest BCUT2D eigenvalue weighted by Crippen LogP contribution is 2.23. The van der Waals surface area contributed by atoms with E-state index in [1.54, 1.807) is 15.7 Å². The molecule has 1 unspecified atom stereocenters. The molecule has 0 radical (unpaired) electrons. The monoisotopic (exact) mass is 291 g/mol. The molecule has 0 aliphatic carbocycles. The predicted molar refractivity (Wildman–Crippen MR) is 73.9 cm³/mol. The maximum absolute atomic E-state index is 12.6. The van der Waals surface area contributed by atoms with Crippen LogP contribution in [0.15, 0.2) is 0 Å². The quantitative estimate of drug-likeness (QED) is 0.792. The highest BCUT2D eigenvalue weighted by molar-refractivity contribution is 7.86. The molecule has 0 saturated carbocycles. The molecule has 1 atom stereocenters. The lowest BCUT2D eigenvalue weighted by Gasteiger charge is -2.37. The molecule has 0 spiro atoms. The van der Waals surface area contributed by atoms with Gasteiger partial charge in [0.15, 0.2) is 0 Å². The van der Waals surface area contributed by atoms with E-state index in [-0.39, 0.29) is 6.10 Å². The van der Waals surface area contributed by atoms with Gasteiger partial charge < -0.3 is 10.5 Å². The minimum absolute atomic E-state index is 0.0325. The Labute approximate surface area is 116 Å². The summed E-state index contributed by atoms with van der Waals surface area (Å²) in [4.78, 5) is 0. The van der Waals surface area contributed by atoms with Crippen LogP contribution in [0.4, 0.5) is 0 Å². The summed E-state index contributed by atoms with van der Waals surface area (Å²) in [7, 11) is -1.67. The maximum Gasteiger partial charge on any atom is 0.282 e. The highest BCUT2D eigenvalue weighted by atomic mass is 32.2. The van der Waals surface area contributed by atoms with Crippen LogP contribution in [-0.2, 0) is 14.9 Å². The van der Waals surface area contributed by atoms with E-state index >= 15 is 0 Å². The first-order valence-corrected chi connectivity index (χ1v) is 8.45. The van der Waals surface area contributed by atoms with Crippen molar-refractivity contribution in [1.82, 2.24) is 8.61 Å². The molecular formula is C12H25N3O3S. The Kier molecular flexibility index (Phi) is 5.19. The number of hydrogen-bond acceptors (Lipinski definition) is 4. The number of methoxy groups -OCH3 is 1. The maximum atomic E-state index is 12.6. The third-order valence-corrected chi connectivity index (χ3v) is 6.24. The molecule has 0 amide bonds. The van der Waals surface area contributed by atoms with Gasteiger partial charge >= 0.3 is 0 Å². The van der Waals surface area contributed by atoms with Crippen LogP contribution < -0.4 is 5.73 Å². The van der Waals surface area contributed by atoms with Gasteiger partial charge in [-0.05, 0) is 38.1 Å². The Morgan fingerprint density at radius 1 is 1.16 bits per heavy atom. The molecule has 0 aromatic carbocycles. The van der Waals surface area contributed by atoms with E-state index in [2.05, 4.69) is 0 Å². The molecule has 19 heavy (non-hydrogen) atoms. The molecule has 2 saturated heterocycles. The molecule has 2 rings (SSSR count). The van der Waals surface area contributed by atoms with E-state index in [4.69, 9.17) is 10.5 Å².